The summed E-state index contributed by atoms with van der Waals surface area (Å²) >= 11 is 0. The van der Waals surface area contributed by atoms with E-state index in [0.717, 1.165) is 0 Å². The number of aromatic amines is 1. The van der Waals surface area contributed by atoms with Gasteiger partial charge in [-0.05, 0) is 35.9 Å². The van der Waals surface area contributed by atoms with Gasteiger partial charge in [-0.15, -0.1) is 0 Å². The van der Waals surface area contributed by atoms with Gasteiger partial charge < -0.3 is 9.40 Å². The molecule has 0 unspecified atom stereocenters. The van der Waals surface area contributed by atoms with Gasteiger partial charge >= 0.3 is 0 Å². The first-order chi connectivity index (χ1) is 15.1. The van der Waals surface area contributed by atoms with Crippen LogP contribution in [0.5, 0.6) is 0 Å². The molecule has 0 bridgehead atoms. The maximum Gasteiger partial charge on any atom is 0.278 e. The zero-order chi connectivity index (χ0) is 21.4. The third-order valence-corrected chi connectivity index (χ3v) is 5.16. The molecule has 3 aromatic rings. The van der Waals surface area contributed by atoms with Gasteiger partial charge in [0.15, 0.2) is 5.82 Å². The first-order valence-corrected chi connectivity index (χ1v) is 9.74. The molecule has 3 heterocycles. The van der Waals surface area contributed by atoms with Crippen molar-refractivity contribution in [1.29, 1.82) is 0 Å². The van der Waals surface area contributed by atoms with E-state index in [1.807, 2.05) is 0 Å². The van der Waals surface area contributed by atoms with E-state index in [1.165, 1.54) is 29.2 Å². The summed E-state index contributed by atoms with van der Waals surface area (Å²) in [4.78, 5) is 20.8. The van der Waals surface area contributed by atoms with E-state index in [2.05, 4.69) is 9.97 Å². The summed E-state index contributed by atoms with van der Waals surface area (Å²) in [6, 6.07) is 16.2. The van der Waals surface area contributed by atoms with E-state index < -0.39 is 5.82 Å². The monoisotopic (exact) mass is 417 g/mol. The lowest BCUT2D eigenvalue weighted by atomic mass is 10.1. The molecule has 0 saturated carbocycles. The Labute approximate surface area is 176 Å². The van der Waals surface area contributed by atoms with Gasteiger partial charge in [0.05, 0.1) is 24.1 Å². The number of hydrogen-bond acceptors (Lipinski definition) is 3. The van der Waals surface area contributed by atoms with Crippen molar-refractivity contribution in [2.45, 2.75) is 12.8 Å². The van der Waals surface area contributed by atoms with Crippen LogP contribution >= 0.6 is 0 Å². The minimum absolute atomic E-state index is 0.162. The fraction of sp³-hybridized carbons (Fsp3) is 0.0833. The molecule has 154 valence electrons. The Kier molecular flexibility index (Phi) is 4.71. The molecule has 0 atom stereocenters. The third kappa shape index (κ3) is 3.54. The van der Waals surface area contributed by atoms with Gasteiger partial charge in [-0.2, -0.15) is 0 Å². The minimum Gasteiger partial charge on any atom is -0.469 e. The molecule has 0 amide bonds. The summed E-state index contributed by atoms with van der Waals surface area (Å²) in [5.74, 6) is 0.178. The lowest BCUT2D eigenvalue weighted by Crippen LogP contribution is -2.18. The van der Waals surface area contributed by atoms with E-state index in [1.54, 1.807) is 48.5 Å². The SMILES string of the molecule is O=c1c(Cc2ccco2)nc2c(Cc3ccccc3F)[nH]c(-c3ccccc3F)cn1-2. The summed E-state index contributed by atoms with van der Waals surface area (Å²) in [7, 11) is 0. The molecule has 0 fully saturated rings. The smallest absolute Gasteiger partial charge is 0.278 e. The molecule has 2 aliphatic heterocycles. The number of fused-ring (bicyclic) bond motifs is 1. The van der Waals surface area contributed by atoms with Crippen LogP contribution in [0.25, 0.3) is 17.1 Å². The van der Waals surface area contributed by atoms with Crippen molar-refractivity contribution >= 4 is 0 Å². The molecule has 31 heavy (non-hydrogen) atoms. The number of nitrogens with one attached hydrogen (secondary N) is 1. The molecule has 1 N–H and O–H groups in total. The Morgan fingerprint density at radius 1 is 0.935 bits per heavy atom. The highest BCUT2D eigenvalue weighted by molar-refractivity contribution is 5.61. The van der Waals surface area contributed by atoms with Gasteiger partial charge in [-0.1, -0.05) is 30.3 Å². The summed E-state index contributed by atoms with van der Waals surface area (Å²) in [6.07, 6.45) is 3.44. The van der Waals surface area contributed by atoms with Crippen LogP contribution in [0.1, 0.15) is 22.7 Å². The van der Waals surface area contributed by atoms with Gasteiger partial charge in [0, 0.05) is 18.2 Å². The van der Waals surface area contributed by atoms with Crippen molar-refractivity contribution in [3.8, 4) is 17.1 Å². The zero-order valence-corrected chi connectivity index (χ0v) is 16.3. The van der Waals surface area contributed by atoms with Crippen LogP contribution in [0.4, 0.5) is 8.78 Å². The second-order valence-electron chi connectivity index (χ2n) is 7.21. The standard InChI is InChI=1S/C24H17F2N3O2/c25-18-9-3-1-6-15(18)12-20-23-28-21(13-16-7-5-11-31-16)24(30)29(23)14-22(27-20)17-8-2-4-10-19(17)26/h1-11,14,27H,12-13H2. The number of hydrogen-bond donors (Lipinski definition) is 1. The first-order valence-electron chi connectivity index (χ1n) is 9.74. The maximum atomic E-state index is 14.5. The number of imidazole rings is 1. The molecule has 2 aromatic carbocycles. The van der Waals surface area contributed by atoms with Crippen LogP contribution in [0.15, 0.2) is 82.3 Å². The van der Waals surface area contributed by atoms with Gasteiger partial charge in [-0.25, -0.2) is 13.8 Å². The highest BCUT2D eigenvalue weighted by Crippen LogP contribution is 2.26. The highest BCUT2D eigenvalue weighted by Gasteiger charge is 2.22. The van der Waals surface area contributed by atoms with Gasteiger partial charge in [0.2, 0.25) is 0 Å². The number of benzene rings is 2. The fourth-order valence-electron chi connectivity index (χ4n) is 3.64. The lowest BCUT2D eigenvalue weighted by molar-refractivity contribution is 0.519. The van der Waals surface area contributed by atoms with Gasteiger partial charge in [0.25, 0.3) is 5.56 Å². The first kappa shape index (κ1) is 19.0. The zero-order valence-electron chi connectivity index (χ0n) is 16.3. The fourth-order valence-corrected chi connectivity index (χ4v) is 3.64. The number of furan rings is 1. The Morgan fingerprint density at radius 3 is 2.45 bits per heavy atom. The number of aromatic nitrogens is 3. The molecule has 2 aliphatic rings. The summed E-state index contributed by atoms with van der Waals surface area (Å²) in [5, 5.41) is 0. The molecular formula is C24H17F2N3O2. The summed E-state index contributed by atoms with van der Waals surface area (Å²) in [6.45, 7) is 0. The van der Waals surface area contributed by atoms with Crippen LogP contribution < -0.4 is 5.56 Å². The predicted molar refractivity (Wildman–Crippen MR) is 111 cm³/mol. The lowest BCUT2D eigenvalue weighted by Gasteiger charge is -2.14. The van der Waals surface area contributed by atoms with E-state index in [0.29, 0.717) is 39.8 Å². The topological polar surface area (TPSA) is 63.8 Å². The molecule has 0 aliphatic carbocycles. The van der Waals surface area contributed by atoms with Crippen molar-refractivity contribution in [2.24, 2.45) is 0 Å². The molecule has 0 saturated heterocycles. The number of halogens is 2. The van der Waals surface area contributed by atoms with Crippen molar-refractivity contribution in [1.82, 2.24) is 14.5 Å². The average molecular weight is 417 g/mol. The quantitative estimate of drug-likeness (QED) is 0.450. The van der Waals surface area contributed by atoms with Crippen molar-refractivity contribution in [3.63, 3.8) is 0 Å². The van der Waals surface area contributed by atoms with Crippen molar-refractivity contribution in [2.75, 3.05) is 0 Å². The van der Waals surface area contributed by atoms with Crippen LogP contribution in [-0.2, 0) is 12.8 Å². The molecule has 7 heteroatoms. The Balaban J connectivity index is 1.69. The number of H-pyrrole nitrogens is 1. The van der Waals surface area contributed by atoms with Crippen molar-refractivity contribution in [3.05, 3.63) is 118 Å². The minimum atomic E-state index is -0.432. The molecule has 5 nitrogen and oxygen atoms in total. The Morgan fingerprint density at radius 2 is 1.71 bits per heavy atom. The third-order valence-electron chi connectivity index (χ3n) is 5.16. The number of nitrogens with zero attached hydrogens (tertiary/aromatic N) is 2. The predicted octanol–water partition coefficient (Wildman–Crippen LogP) is 4.72. The molecule has 5 rings (SSSR count). The van der Waals surface area contributed by atoms with Crippen molar-refractivity contribution < 1.29 is 13.2 Å². The molecule has 1 aromatic heterocycles. The second-order valence-corrected chi connectivity index (χ2v) is 7.21. The largest absolute Gasteiger partial charge is 0.469 e. The van der Waals surface area contributed by atoms with Gasteiger partial charge in [0.1, 0.15) is 23.1 Å². The average Bonchev–Trinajstić information content (AvgIpc) is 3.39. The van der Waals surface area contributed by atoms with Crippen LogP contribution in [0.3, 0.4) is 0 Å². The van der Waals surface area contributed by atoms with Crippen LogP contribution in [0, 0.1) is 11.6 Å². The summed E-state index contributed by atoms with van der Waals surface area (Å²) in [5.41, 5.74) is 1.62. The van der Waals surface area contributed by atoms with Crippen LogP contribution in [-0.4, -0.2) is 14.5 Å². The molecule has 0 radical (unpaired) electrons. The Bertz CT molecular complexity index is 1390. The summed E-state index contributed by atoms with van der Waals surface area (Å²) < 4.78 is 35.5. The Hall–Kier alpha value is -4.00. The maximum absolute atomic E-state index is 14.5. The molecule has 0 spiro atoms. The van der Waals surface area contributed by atoms with E-state index in [-0.39, 0.29) is 24.2 Å². The van der Waals surface area contributed by atoms with E-state index >= 15 is 0 Å². The van der Waals surface area contributed by atoms with E-state index in [9.17, 15) is 13.6 Å². The van der Waals surface area contributed by atoms with Crippen LogP contribution in [0.2, 0.25) is 0 Å². The molecular weight excluding hydrogens is 400 g/mol. The van der Waals surface area contributed by atoms with E-state index in [4.69, 9.17) is 4.42 Å². The normalized spacial score (nSPS) is 11.3. The number of rotatable bonds is 5. The highest BCUT2D eigenvalue weighted by atomic mass is 19.1. The van der Waals surface area contributed by atoms with Gasteiger partial charge in [-0.3, -0.25) is 9.36 Å². The second kappa shape index (κ2) is 7.68.